The number of phenolic OH excluding ortho intramolecular Hbond substituents is 1. The maximum Gasteiger partial charge on any atom is 0.326 e. The fraction of sp³-hybridized carbons (Fsp3) is 0.680. The van der Waals surface area contributed by atoms with Crippen LogP contribution in [-0.4, -0.2) is 277 Å². The second kappa shape index (κ2) is 47.3. The van der Waals surface area contributed by atoms with Gasteiger partial charge < -0.3 is 122 Å². The molecule has 3 heterocycles. The number of aromatic hydroxyl groups is 1. The van der Waals surface area contributed by atoms with Crippen LogP contribution in [0.2, 0.25) is 0 Å². The van der Waals surface area contributed by atoms with E-state index in [9.17, 15) is 107 Å². The molecule has 0 aliphatic carbocycles. The number of rotatable bonds is 47. The molecular formula is C75H121N19O22. The number of benzene rings is 1. The maximum absolute atomic E-state index is 14.7. The number of phenols is 1. The molecule has 3 fully saturated rings. The number of carbonyl (C=O) groups excluding carboxylic acids is 15. The molecule has 1 aromatic rings. The topological polar surface area (TPSA) is 650 Å². The molecule has 116 heavy (non-hydrogen) atoms. The van der Waals surface area contributed by atoms with E-state index in [0.29, 0.717) is 12.0 Å². The number of aliphatic imine (C=N–C) groups is 1. The third-order valence-electron chi connectivity index (χ3n) is 19.7. The Labute approximate surface area is 673 Å². The predicted molar refractivity (Wildman–Crippen MR) is 417 cm³/mol. The quantitative estimate of drug-likeness (QED) is 0.0165. The van der Waals surface area contributed by atoms with Crippen molar-refractivity contribution in [2.75, 3.05) is 39.3 Å². The third kappa shape index (κ3) is 31.4. The summed E-state index contributed by atoms with van der Waals surface area (Å²) >= 11 is 0. The van der Waals surface area contributed by atoms with Crippen LogP contribution < -0.4 is 81.4 Å². The highest BCUT2D eigenvalue weighted by atomic mass is 16.4. The van der Waals surface area contributed by atoms with Crippen LogP contribution in [0, 0.1) is 23.7 Å². The van der Waals surface area contributed by atoms with Crippen molar-refractivity contribution in [3.05, 3.63) is 29.8 Å². The van der Waals surface area contributed by atoms with Crippen molar-refractivity contribution in [2.45, 2.75) is 263 Å². The van der Waals surface area contributed by atoms with Gasteiger partial charge in [0.2, 0.25) is 88.6 Å². The largest absolute Gasteiger partial charge is 0.508 e. The van der Waals surface area contributed by atoms with Crippen LogP contribution in [0.15, 0.2) is 29.3 Å². The van der Waals surface area contributed by atoms with Crippen LogP contribution in [0.5, 0.6) is 5.75 Å². The van der Waals surface area contributed by atoms with Gasteiger partial charge in [-0.05, 0) is 139 Å². The van der Waals surface area contributed by atoms with Crippen molar-refractivity contribution < 1.29 is 107 Å². The van der Waals surface area contributed by atoms with E-state index < -0.39 is 223 Å². The summed E-state index contributed by atoms with van der Waals surface area (Å²) in [6, 6.07) is -13.9. The Kier molecular flexibility index (Phi) is 39.7. The van der Waals surface area contributed by atoms with Crippen molar-refractivity contribution in [2.24, 2.45) is 51.6 Å². The molecule has 15 atom stereocenters. The van der Waals surface area contributed by atoms with Gasteiger partial charge in [-0.3, -0.25) is 81.7 Å². The van der Waals surface area contributed by atoms with Crippen LogP contribution in [-0.2, 0) is 87.9 Å². The first-order valence-corrected chi connectivity index (χ1v) is 39.3. The number of guanidine groups is 1. The Morgan fingerprint density at radius 3 is 1.42 bits per heavy atom. The lowest BCUT2D eigenvalue weighted by Gasteiger charge is -2.33. The molecule has 1 aromatic carbocycles. The van der Waals surface area contributed by atoms with E-state index in [-0.39, 0.29) is 139 Å². The highest BCUT2D eigenvalue weighted by molar-refractivity contribution is 6.01. The smallest absolute Gasteiger partial charge is 0.326 e. The van der Waals surface area contributed by atoms with Crippen LogP contribution in [0.3, 0.4) is 0 Å². The number of carbonyl (C=O) groups is 17. The third-order valence-corrected chi connectivity index (χ3v) is 19.7. The number of hydrogen-bond acceptors (Lipinski definition) is 22. The zero-order valence-corrected chi connectivity index (χ0v) is 67.6. The summed E-state index contributed by atoms with van der Waals surface area (Å²) in [5, 5.41) is 77.3. The molecule has 41 heteroatoms. The molecule has 41 nitrogen and oxygen atoms in total. The number of aliphatic carboxylic acids is 2. The standard InChI is InChI=1S/C75H121N19O22/c1-37(2)31-49(86-66(107)51(34-43-19-21-44(97)22-20-43)88-70(111)60(42(10)96)91-62(103)45(76)36-95)63(104)81-35-57(99)83-47(15-11-27-80-75(78)79)71(112)92-28-12-16-53(92)67(108)82-41(9)61(102)85-48(24-26-58(100)101)72(113)93-29-13-18-55(93)69(110)90-59(40(7)8)73(114)94-30-14-17-54(94)68(109)87-50(32-38(3)4)65(106)84-46(23-25-56(77)98)64(105)89-52(74(115)116)33-39(5)6/h19-22,37-42,45-55,59-60,95-97H,11-18,23-36,76H2,1-10H3,(H2,77,98)(H,81,104)(H,82,108)(H,83,99)(H,84,106)(H,85,102)(H,86,107)(H,87,109)(H,88,111)(H,89,105)(H,90,110)(H,91,103)(H,100,101)(H,115,116)(H4,78,79,80)/t41-,42+,45-,46-,47-,48-,49-,50-,51-,52-,53-,54-,55-,59-,60-/m0/s1. The summed E-state index contributed by atoms with van der Waals surface area (Å²) in [5.41, 5.74) is 22.5. The molecule has 3 aliphatic rings. The Morgan fingerprint density at radius 2 is 0.931 bits per heavy atom. The summed E-state index contributed by atoms with van der Waals surface area (Å²) in [7, 11) is 0. The second-order valence-corrected chi connectivity index (χ2v) is 31.2. The summed E-state index contributed by atoms with van der Waals surface area (Å²) in [4.78, 5) is 240. The number of nitrogens with one attached hydrogen (secondary N) is 11. The number of likely N-dealkylation sites (tertiary alicyclic amines) is 3. The van der Waals surface area contributed by atoms with Gasteiger partial charge in [0.05, 0.1) is 19.3 Å². The molecule has 4 rings (SSSR count). The summed E-state index contributed by atoms with van der Waals surface area (Å²) in [6.45, 7) is 14.6. The molecule has 0 bridgehead atoms. The zero-order valence-electron chi connectivity index (χ0n) is 67.6. The first kappa shape index (κ1) is 97.5. The molecular weight excluding hydrogens is 1520 g/mol. The van der Waals surface area contributed by atoms with E-state index in [1.807, 2.05) is 0 Å². The minimum Gasteiger partial charge on any atom is -0.508 e. The van der Waals surface area contributed by atoms with Gasteiger partial charge in [0.25, 0.3) is 0 Å². The number of hydrogen-bond donors (Lipinski definition) is 20. The number of carboxylic acid groups (broad SMARTS) is 2. The van der Waals surface area contributed by atoms with Crippen molar-refractivity contribution in [3.63, 3.8) is 0 Å². The normalized spacial score (nSPS) is 18.4. The van der Waals surface area contributed by atoms with Gasteiger partial charge in [0, 0.05) is 45.4 Å². The molecule has 0 unspecified atom stereocenters. The van der Waals surface area contributed by atoms with Gasteiger partial charge >= 0.3 is 11.9 Å². The lowest BCUT2D eigenvalue weighted by Crippen LogP contribution is -2.61. The summed E-state index contributed by atoms with van der Waals surface area (Å²) in [5.74, 6) is -17.3. The van der Waals surface area contributed by atoms with E-state index in [0.717, 1.165) is 4.90 Å². The van der Waals surface area contributed by atoms with Crippen LogP contribution in [0.25, 0.3) is 0 Å². The highest BCUT2D eigenvalue weighted by Gasteiger charge is 2.45. The van der Waals surface area contributed by atoms with E-state index >= 15 is 0 Å². The first-order chi connectivity index (χ1) is 54.4. The van der Waals surface area contributed by atoms with Gasteiger partial charge in [-0.25, -0.2) is 4.79 Å². The lowest BCUT2D eigenvalue weighted by atomic mass is 10.00. The van der Waals surface area contributed by atoms with Gasteiger partial charge in [-0.2, -0.15) is 0 Å². The summed E-state index contributed by atoms with van der Waals surface area (Å²) < 4.78 is 0. The van der Waals surface area contributed by atoms with Crippen LogP contribution >= 0.6 is 0 Å². The number of carboxylic acids is 2. The molecule has 0 spiro atoms. The fourth-order valence-electron chi connectivity index (χ4n) is 13.6. The highest BCUT2D eigenvalue weighted by Crippen LogP contribution is 2.26. The lowest BCUT2D eigenvalue weighted by molar-refractivity contribution is -0.146. The van der Waals surface area contributed by atoms with Crippen LogP contribution in [0.1, 0.15) is 171 Å². The van der Waals surface area contributed by atoms with Gasteiger partial charge in [0.1, 0.15) is 90.3 Å². The Morgan fingerprint density at radius 1 is 0.483 bits per heavy atom. The van der Waals surface area contributed by atoms with E-state index in [1.54, 1.807) is 55.4 Å². The molecule has 0 aromatic heterocycles. The Balaban J connectivity index is 1.48. The number of aliphatic hydroxyl groups excluding tert-OH is 2. The number of amides is 15. The Bertz CT molecular complexity index is 3650. The molecule has 0 saturated carbocycles. The average Bonchev–Trinajstić information content (AvgIpc) is 1.65. The Hall–Kier alpha value is -10.8. The van der Waals surface area contributed by atoms with E-state index in [1.165, 1.54) is 47.9 Å². The first-order valence-electron chi connectivity index (χ1n) is 39.3. The van der Waals surface area contributed by atoms with Gasteiger partial charge in [-0.1, -0.05) is 67.5 Å². The van der Waals surface area contributed by atoms with Crippen molar-refractivity contribution >= 4 is 107 Å². The van der Waals surface area contributed by atoms with E-state index in [4.69, 9.17) is 22.9 Å². The maximum atomic E-state index is 14.7. The van der Waals surface area contributed by atoms with Gasteiger partial charge in [0.15, 0.2) is 5.96 Å². The molecule has 648 valence electrons. The second-order valence-electron chi connectivity index (χ2n) is 31.2. The number of primary amides is 1. The van der Waals surface area contributed by atoms with Crippen molar-refractivity contribution in [1.82, 2.24) is 73.2 Å². The van der Waals surface area contributed by atoms with Crippen molar-refractivity contribution in [1.29, 1.82) is 0 Å². The minimum absolute atomic E-state index is 0.0123. The molecule has 15 amide bonds. The predicted octanol–water partition coefficient (Wildman–Crippen LogP) is -5.34. The van der Waals surface area contributed by atoms with Crippen LogP contribution in [0.4, 0.5) is 0 Å². The molecule has 3 aliphatic heterocycles. The molecule has 0 radical (unpaired) electrons. The average molecular weight is 1640 g/mol. The molecule has 3 saturated heterocycles. The van der Waals surface area contributed by atoms with E-state index in [2.05, 4.69) is 63.5 Å². The molecule has 24 N–H and O–H groups in total. The van der Waals surface area contributed by atoms with Gasteiger partial charge in [-0.15, -0.1) is 0 Å². The number of aliphatic hydroxyl groups is 2. The number of nitrogens with two attached hydrogens (primary N) is 4. The fourth-order valence-corrected chi connectivity index (χ4v) is 13.6. The number of nitrogens with zero attached hydrogens (tertiary/aromatic N) is 4. The minimum atomic E-state index is -1.68. The monoisotopic (exact) mass is 1640 g/mol. The SMILES string of the molecule is CC(C)C[C@H](NC(=O)[C@H](CCC(N)=O)NC(=O)[C@H](CC(C)C)NC(=O)[C@@H]1CCCN1C(=O)[C@@H](NC(=O)[C@@H]1CCCN1C(=O)[C@H](CCC(=O)O)NC(=O)[C@H](C)NC(=O)[C@@H]1CCCN1C(=O)[C@H](CCCN=C(N)N)NC(=O)CNC(=O)[C@H](CC(C)C)NC(=O)[C@H](Cc1ccc(O)cc1)NC(=O)[C@@H](NC(=O)[C@@H](N)CO)[C@@H](C)O)C(C)C)C(=O)O. The zero-order chi connectivity index (χ0) is 87.1. The van der Waals surface area contributed by atoms with Crippen molar-refractivity contribution in [3.8, 4) is 5.75 Å². The summed E-state index contributed by atoms with van der Waals surface area (Å²) in [6.07, 6.45) is -2.42.